The third-order valence-corrected chi connectivity index (χ3v) is 6.98. The van der Waals surface area contributed by atoms with Crippen LogP contribution in [-0.2, 0) is 24.1 Å². The lowest BCUT2D eigenvalue weighted by Gasteiger charge is -2.36. The van der Waals surface area contributed by atoms with Crippen molar-refractivity contribution < 1.29 is 26.7 Å². The van der Waals surface area contributed by atoms with Crippen LogP contribution < -0.4 is 10.6 Å². The summed E-state index contributed by atoms with van der Waals surface area (Å²) in [5.41, 5.74) is -3.20. The van der Waals surface area contributed by atoms with Crippen molar-refractivity contribution in [3.05, 3.63) is 99.8 Å². The zero-order valence-corrected chi connectivity index (χ0v) is 21.3. The van der Waals surface area contributed by atoms with Gasteiger partial charge in [0.25, 0.3) is 5.92 Å². The molecule has 1 heterocycles. The van der Waals surface area contributed by atoms with Crippen LogP contribution in [0.15, 0.2) is 66.9 Å². The molecular formula is C28H27ClF5N3O. The third-order valence-electron chi connectivity index (χ3n) is 6.75. The van der Waals surface area contributed by atoms with E-state index in [1.54, 1.807) is 30.3 Å². The fraction of sp³-hybridized carbons (Fsp3) is 0.357. The zero-order valence-electron chi connectivity index (χ0n) is 20.6. The summed E-state index contributed by atoms with van der Waals surface area (Å²) < 4.78 is 70.9. The number of amides is 2. The molecule has 1 aromatic heterocycles. The van der Waals surface area contributed by atoms with Crippen LogP contribution in [0.5, 0.6) is 0 Å². The Labute approximate surface area is 222 Å². The first-order chi connectivity index (χ1) is 17.9. The highest BCUT2D eigenvalue weighted by atomic mass is 35.5. The molecule has 1 saturated carbocycles. The number of nitrogens with zero attached hydrogens (tertiary/aromatic N) is 1. The van der Waals surface area contributed by atoms with Crippen molar-refractivity contribution in [2.45, 2.75) is 62.7 Å². The summed E-state index contributed by atoms with van der Waals surface area (Å²) in [7, 11) is 0. The predicted molar refractivity (Wildman–Crippen MR) is 135 cm³/mol. The van der Waals surface area contributed by atoms with Crippen molar-refractivity contribution in [2.75, 3.05) is 0 Å². The lowest BCUT2D eigenvalue weighted by molar-refractivity contribution is -0.137. The molecule has 2 amide bonds. The molecule has 0 radical (unpaired) electrons. The average Bonchev–Trinajstić information content (AvgIpc) is 3.36. The van der Waals surface area contributed by atoms with Crippen molar-refractivity contribution in [2.24, 2.45) is 0 Å². The van der Waals surface area contributed by atoms with Gasteiger partial charge in [-0.2, -0.15) is 13.2 Å². The molecular weight excluding hydrogens is 525 g/mol. The first-order valence-electron chi connectivity index (χ1n) is 12.2. The van der Waals surface area contributed by atoms with Crippen LogP contribution in [0.4, 0.5) is 26.7 Å². The lowest BCUT2D eigenvalue weighted by atomic mass is 9.79. The Morgan fingerprint density at radius 3 is 2.16 bits per heavy atom. The topological polar surface area (TPSA) is 54.0 Å². The molecule has 3 aromatic rings. The number of benzene rings is 2. The monoisotopic (exact) mass is 551 g/mol. The minimum Gasteiger partial charge on any atom is -0.335 e. The molecule has 4 rings (SSSR count). The number of carbonyl (C=O) groups excluding carboxylic acids is 1. The Hall–Kier alpha value is -3.20. The van der Waals surface area contributed by atoms with Gasteiger partial charge in [-0.3, -0.25) is 4.98 Å². The predicted octanol–water partition coefficient (Wildman–Crippen LogP) is 7.59. The van der Waals surface area contributed by atoms with Crippen LogP contribution in [-0.4, -0.2) is 17.1 Å². The number of alkyl halides is 5. The molecule has 0 saturated heterocycles. The van der Waals surface area contributed by atoms with Gasteiger partial charge in [0, 0.05) is 31.1 Å². The van der Waals surface area contributed by atoms with Crippen molar-refractivity contribution in [1.82, 2.24) is 15.6 Å². The first-order valence-corrected chi connectivity index (χ1v) is 12.6. The van der Waals surface area contributed by atoms with E-state index in [0.717, 1.165) is 37.8 Å². The van der Waals surface area contributed by atoms with Crippen molar-refractivity contribution in [1.29, 1.82) is 0 Å². The van der Waals surface area contributed by atoms with E-state index in [1.807, 2.05) is 0 Å². The van der Waals surface area contributed by atoms with Crippen molar-refractivity contribution >= 4 is 17.6 Å². The second-order valence-corrected chi connectivity index (χ2v) is 10.1. The van der Waals surface area contributed by atoms with Gasteiger partial charge in [0.15, 0.2) is 0 Å². The molecule has 4 nitrogen and oxygen atoms in total. The summed E-state index contributed by atoms with van der Waals surface area (Å²) in [6.45, 7) is 0.534. The maximum atomic E-state index is 14.5. The first kappa shape index (κ1) is 27.8. The van der Waals surface area contributed by atoms with Gasteiger partial charge in [0.05, 0.1) is 16.3 Å². The fourth-order valence-corrected chi connectivity index (χ4v) is 4.94. The molecule has 10 heteroatoms. The number of hydrogen-bond donors (Lipinski definition) is 2. The molecule has 1 aliphatic carbocycles. The number of hydrogen-bond acceptors (Lipinski definition) is 2. The average molecular weight is 552 g/mol. The largest absolute Gasteiger partial charge is 0.416 e. The van der Waals surface area contributed by atoms with E-state index in [9.17, 15) is 26.7 Å². The zero-order chi connectivity index (χ0) is 27.6. The van der Waals surface area contributed by atoms with Gasteiger partial charge in [-0.05, 0) is 54.3 Å². The Bertz CT molecular complexity index is 1220. The molecule has 202 valence electrons. The highest BCUT2D eigenvalue weighted by Crippen LogP contribution is 2.41. The number of nitrogens with one attached hydrogen (secondary N) is 2. The summed E-state index contributed by atoms with van der Waals surface area (Å²) in [6.07, 6.45) is -0.230. The molecule has 2 N–H and O–H groups in total. The second-order valence-electron chi connectivity index (χ2n) is 9.69. The van der Waals surface area contributed by atoms with Crippen molar-refractivity contribution in [3.8, 4) is 0 Å². The summed E-state index contributed by atoms with van der Waals surface area (Å²) >= 11 is 6.05. The summed E-state index contributed by atoms with van der Waals surface area (Å²) in [5, 5.41) is 6.00. The highest BCUT2D eigenvalue weighted by molar-refractivity contribution is 6.30. The highest BCUT2D eigenvalue weighted by Gasteiger charge is 2.42. The summed E-state index contributed by atoms with van der Waals surface area (Å²) in [6, 6.07) is 13.2. The molecule has 1 unspecified atom stereocenters. The maximum Gasteiger partial charge on any atom is 0.416 e. The van der Waals surface area contributed by atoms with Crippen LogP contribution in [0.3, 0.4) is 0 Å². The van der Waals surface area contributed by atoms with Gasteiger partial charge in [0.1, 0.15) is 5.54 Å². The number of rotatable bonds is 7. The van der Waals surface area contributed by atoms with Crippen LogP contribution in [0.1, 0.15) is 60.6 Å². The minimum absolute atomic E-state index is 0.0589. The molecule has 0 spiro atoms. The van der Waals surface area contributed by atoms with Crippen LogP contribution in [0.25, 0.3) is 0 Å². The van der Waals surface area contributed by atoms with Gasteiger partial charge >= 0.3 is 12.2 Å². The molecule has 1 fully saturated rings. The van der Waals surface area contributed by atoms with Crippen LogP contribution in [0.2, 0.25) is 5.02 Å². The number of aromatic nitrogens is 1. The number of carbonyl (C=O) groups is 1. The Kier molecular flexibility index (Phi) is 7.97. The quantitative estimate of drug-likeness (QED) is 0.297. The summed E-state index contributed by atoms with van der Waals surface area (Å²) in [4.78, 5) is 17.7. The van der Waals surface area contributed by atoms with Crippen LogP contribution >= 0.6 is 11.6 Å². The molecule has 0 aliphatic heterocycles. The lowest BCUT2D eigenvalue weighted by Crippen LogP contribution is -2.54. The van der Waals surface area contributed by atoms with Gasteiger partial charge in [-0.1, -0.05) is 54.8 Å². The van der Waals surface area contributed by atoms with Crippen LogP contribution in [0, 0.1) is 0 Å². The normalized spacial score (nSPS) is 16.2. The SMILES string of the molecule is CC(F)(F)c1cc(C(F)(F)F)cc(C(Cc2ccccc2)(NC(=O)NC2CCCC2)c2ccc(Cl)cn2)c1. The maximum absolute atomic E-state index is 14.5. The Balaban J connectivity index is 1.96. The number of halogens is 6. The smallest absolute Gasteiger partial charge is 0.335 e. The van der Waals surface area contributed by atoms with E-state index in [-0.39, 0.29) is 28.7 Å². The standard InChI is InChI=1S/C28H27ClF5N3O/c1-26(30,31)19-13-20(15-21(14-19)28(32,33)34)27(16-18-7-3-2-4-8-18,24-12-11-22(29)17-35-24)37-25(38)36-23-9-5-6-10-23/h2-4,7-8,11-15,17,23H,5-6,9-10,16H2,1H3,(H2,36,37,38). The number of pyridine rings is 1. The summed E-state index contributed by atoms with van der Waals surface area (Å²) in [5.74, 6) is -3.58. The number of urea groups is 1. The molecule has 1 atom stereocenters. The van der Waals surface area contributed by atoms with E-state index in [4.69, 9.17) is 11.6 Å². The second kappa shape index (κ2) is 10.9. The van der Waals surface area contributed by atoms with E-state index in [2.05, 4.69) is 15.6 Å². The Morgan fingerprint density at radius 1 is 0.947 bits per heavy atom. The van der Waals surface area contributed by atoms with Gasteiger partial charge in [-0.15, -0.1) is 0 Å². The van der Waals surface area contributed by atoms with Gasteiger partial charge in [-0.25, -0.2) is 13.6 Å². The molecule has 2 aromatic carbocycles. The molecule has 38 heavy (non-hydrogen) atoms. The third kappa shape index (κ3) is 6.43. The van der Waals surface area contributed by atoms with E-state index in [1.165, 1.54) is 18.3 Å². The minimum atomic E-state index is -4.91. The fourth-order valence-electron chi connectivity index (χ4n) is 4.83. The van der Waals surface area contributed by atoms with Crippen molar-refractivity contribution in [3.63, 3.8) is 0 Å². The van der Waals surface area contributed by atoms with Gasteiger partial charge < -0.3 is 10.6 Å². The molecule has 1 aliphatic rings. The van der Waals surface area contributed by atoms with E-state index >= 15 is 0 Å². The molecule has 0 bridgehead atoms. The van der Waals surface area contributed by atoms with Gasteiger partial charge in [0.2, 0.25) is 0 Å². The Morgan fingerprint density at radius 2 is 1.58 bits per heavy atom. The van der Waals surface area contributed by atoms with E-state index in [0.29, 0.717) is 18.6 Å². The van der Waals surface area contributed by atoms with E-state index < -0.39 is 34.8 Å².